The number of hydrogen-bond donors (Lipinski definition) is 1. The highest BCUT2D eigenvalue weighted by Crippen LogP contribution is 2.34. The van der Waals surface area contributed by atoms with Crippen LogP contribution in [0, 0.1) is 6.92 Å². The van der Waals surface area contributed by atoms with Crippen LogP contribution in [-0.4, -0.2) is 48.8 Å². The van der Waals surface area contributed by atoms with E-state index in [1.165, 1.54) is 23.1 Å². The summed E-state index contributed by atoms with van der Waals surface area (Å²) >= 11 is 2.76. The van der Waals surface area contributed by atoms with Gasteiger partial charge < -0.3 is 14.8 Å². The van der Waals surface area contributed by atoms with Gasteiger partial charge in [-0.25, -0.2) is 4.98 Å². The summed E-state index contributed by atoms with van der Waals surface area (Å²) in [5, 5.41) is 12.9. The molecule has 0 spiro atoms. The lowest BCUT2D eigenvalue weighted by molar-refractivity contribution is -0.113. The molecule has 0 radical (unpaired) electrons. The lowest BCUT2D eigenvalue weighted by Gasteiger charge is -2.25. The molecule has 3 heterocycles. The number of nitrogens with one attached hydrogen (secondary N) is 1. The fraction of sp³-hybridized carbons (Fsp3) is 0.269. The van der Waals surface area contributed by atoms with Gasteiger partial charge in [-0.1, -0.05) is 59.5 Å². The predicted octanol–water partition coefficient (Wildman–Crippen LogP) is 5.09. The highest BCUT2D eigenvalue weighted by Gasteiger charge is 2.35. The van der Waals surface area contributed by atoms with Gasteiger partial charge in [0, 0.05) is 18.7 Å². The fourth-order valence-corrected chi connectivity index (χ4v) is 6.05. The number of aromatic nitrogens is 4. The molecule has 1 aliphatic rings. The third kappa shape index (κ3) is 4.91. The van der Waals surface area contributed by atoms with Crippen LogP contribution in [0.15, 0.2) is 66.3 Å². The van der Waals surface area contributed by atoms with Gasteiger partial charge in [-0.15, -0.1) is 16.8 Å². The number of anilines is 1. The number of thiazole rings is 1. The van der Waals surface area contributed by atoms with Gasteiger partial charge in [0.15, 0.2) is 16.1 Å². The normalized spacial score (nSPS) is 15.4. The first kappa shape index (κ1) is 24.2. The van der Waals surface area contributed by atoms with Crippen LogP contribution in [0.2, 0.25) is 0 Å². The number of carbonyl (C=O) groups excluding carboxylic acids is 2. The largest absolute Gasteiger partial charge is 0.328 e. The van der Waals surface area contributed by atoms with Crippen LogP contribution < -0.4 is 5.32 Å². The van der Waals surface area contributed by atoms with Crippen molar-refractivity contribution in [2.24, 2.45) is 0 Å². The smallest absolute Gasteiger partial charge is 0.254 e. The number of carbonyl (C=O) groups is 2. The molecule has 10 heteroatoms. The lowest BCUT2D eigenvalue weighted by atomic mass is 10.1. The zero-order valence-corrected chi connectivity index (χ0v) is 21.5. The SMILES string of the molecule is C=CCn1c(SCC(=O)Nc2nc3ccccc3s2)nnc1C1CCCN1C(=O)c1ccccc1C. The predicted molar refractivity (Wildman–Crippen MR) is 143 cm³/mol. The zero-order chi connectivity index (χ0) is 25.1. The van der Waals surface area contributed by atoms with Crippen LogP contribution in [0.25, 0.3) is 10.2 Å². The molecule has 36 heavy (non-hydrogen) atoms. The Morgan fingerprint density at radius 2 is 2.00 bits per heavy atom. The van der Waals surface area contributed by atoms with E-state index >= 15 is 0 Å². The number of rotatable bonds is 8. The number of benzene rings is 2. The zero-order valence-electron chi connectivity index (χ0n) is 19.9. The molecule has 1 saturated heterocycles. The summed E-state index contributed by atoms with van der Waals surface area (Å²) in [5.41, 5.74) is 2.53. The number of allylic oxidation sites excluding steroid dienone is 1. The second kappa shape index (κ2) is 10.6. The Balaban J connectivity index is 1.30. The van der Waals surface area contributed by atoms with Gasteiger partial charge in [0.25, 0.3) is 5.91 Å². The van der Waals surface area contributed by atoms with Crippen LogP contribution in [0.3, 0.4) is 0 Å². The van der Waals surface area contributed by atoms with Crippen molar-refractivity contribution in [1.29, 1.82) is 0 Å². The standard InChI is InChI=1S/C26H26N6O2S2/c1-3-14-32-23(20-12-8-15-31(20)24(34)18-10-5-4-9-17(18)2)29-30-26(32)35-16-22(33)28-25-27-19-11-6-7-13-21(19)36-25/h3-7,9-11,13,20H,1,8,12,14-16H2,2H3,(H,27,28,33). The van der Waals surface area contributed by atoms with Crippen molar-refractivity contribution in [1.82, 2.24) is 24.6 Å². The Bertz CT molecular complexity index is 1400. The van der Waals surface area contributed by atoms with Gasteiger partial charge in [-0.2, -0.15) is 0 Å². The van der Waals surface area contributed by atoms with Crippen molar-refractivity contribution >= 4 is 50.3 Å². The van der Waals surface area contributed by atoms with E-state index in [0.29, 0.717) is 28.9 Å². The van der Waals surface area contributed by atoms with Gasteiger partial charge in [-0.05, 0) is 43.5 Å². The van der Waals surface area contributed by atoms with E-state index in [4.69, 9.17) is 0 Å². The topological polar surface area (TPSA) is 93.0 Å². The molecule has 0 aliphatic carbocycles. The van der Waals surface area contributed by atoms with E-state index in [0.717, 1.165) is 34.4 Å². The lowest BCUT2D eigenvalue weighted by Crippen LogP contribution is -2.32. The summed E-state index contributed by atoms with van der Waals surface area (Å²) in [6.07, 6.45) is 3.49. The molecule has 1 atom stereocenters. The third-order valence-corrected chi connectivity index (χ3v) is 8.04. The maximum Gasteiger partial charge on any atom is 0.254 e. The first-order chi connectivity index (χ1) is 17.5. The van der Waals surface area contributed by atoms with Crippen molar-refractivity contribution in [2.75, 3.05) is 17.6 Å². The summed E-state index contributed by atoms with van der Waals surface area (Å²) in [7, 11) is 0. The van der Waals surface area contributed by atoms with Gasteiger partial charge >= 0.3 is 0 Å². The minimum Gasteiger partial charge on any atom is -0.328 e. The van der Waals surface area contributed by atoms with Crippen LogP contribution in [-0.2, 0) is 11.3 Å². The Morgan fingerprint density at radius 1 is 1.19 bits per heavy atom. The summed E-state index contributed by atoms with van der Waals surface area (Å²) < 4.78 is 2.98. The van der Waals surface area contributed by atoms with Gasteiger partial charge in [-0.3, -0.25) is 9.59 Å². The van der Waals surface area contributed by atoms with Crippen LogP contribution in [0.4, 0.5) is 5.13 Å². The Hall–Kier alpha value is -3.50. The number of thioether (sulfide) groups is 1. The molecule has 2 amide bonds. The van der Waals surface area contributed by atoms with Crippen molar-refractivity contribution in [3.05, 3.63) is 78.1 Å². The van der Waals surface area contributed by atoms with E-state index in [1.807, 2.05) is 64.9 Å². The van der Waals surface area contributed by atoms with Crippen molar-refractivity contribution in [3.8, 4) is 0 Å². The quantitative estimate of drug-likeness (QED) is 0.258. The van der Waals surface area contributed by atoms with E-state index in [9.17, 15) is 9.59 Å². The molecule has 1 unspecified atom stereocenters. The third-order valence-electron chi connectivity index (χ3n) is 6.12. The molecule has 2 aromatic heterocycles. The second-order valence-corrected chi connectivity index (χ2v) is 10.5. The molecular formula is C26H26N6O2S2. The average molecular weight is 519 g/mol. The summed E-state index contributed by atoms with van der Waals surface area (Å²) in [6, 6.07) is 15.2. The Kier molecular flexibility index (Phi) is 7.15. The number of para-hydroxylation sites is 1. The molecule has 0 saturated carbocycles. The van der Waals surface area contributed by atoms with E-state index < -0.39 is 0 Å². The highest BCUT2D eigenvalue weighted by molar-refractivity contribution is 7.99. The minimum atomic E-state index is -0.171. The highest BCUT2D eigenvalue weighted by atomic mass is 32.2. The molecule has 8 nitrogen and oxygen atoms in total. The number of hydrogen-bond acceptors (Lipinski definition) is 7. The average Bonchev–Trinajstić information content (AvgIpc) is 3.61. The first-order valence-electron chi connectivity index (χ1n) is 11.7. The maximum absolute atomic E-state index is 13.4. The second-order valence-electron chi connectivity index (χ2n) is 8.54. The maximum atomic E-state index is 13.4. The van der Waals surface area contributed by atoms with Crippen LogP contribution >= 0.6 is 23.1 Å². The number of amides is 2. The van der Waals surface area contributed by atoms with Gasteiger partial charge in [0.05, 0.1) is 22.0 Å². The molecular weight excluding hydrogens is 492 g/mol. The van der Waals surface area contributed by atoms with Crippen molar-refractivity contribution in [2.45, 2.75) is 37.5 Å². The summed E-state index contributed by atoms with van der Waals surface area (Å²) in [6.45, 7) is 6.99. The molecule has 4 aromatic rings. The molecule has 1 N–H and O–H groups in total. The Morgan fingerprint density at radius 3 is 2.81 bits per heavy atom. The van der Waals surface area contributed by atoms with Gasteiger partial charge in [0.1, 0.15) is 0 Å². The molecule has 1 fully saturated rings. The summed E-state index contributed by atoms with van der Waals surface area (Å²) in [4.78, 5) is 32.3. The number of nitrogens with zero attached hydrogens (tertiary/aromatic N) is 5. The van der Waals surface area contributed by atoms with Crippen LogP contribution in [0.5, 0.6) is 0 Å². The molecule has 5 rings (SSSR count). The van der Waals surface area contributed by atoms with E-state index in [2.05, 4.69) is 27.1 Å². The number of aryl methyl sites for hydroxylation is 1. The summed E-state index contributed by atoms with van der Waals surface area (Å²) in [5.74, 6) is 0.740. The Labute approximate surface area is 217 Å². The molecule has 0 bridgehead atoms. The molecule has 2 aromatic carbocycles. The van der Waals surface area contributed by atoms with Crippen LogP contribution in [0.1, 0.15) is 40.6 Å². The van der Waals surface area contributed by atoms with Crippen molar-refractivity contribution < 1.29 is 9.59 Å². The van der Waals surface area contributed by atoms with Crippen molar-refractivity contribution in [3.63, 3.8) is 0 Å². The number of likely N-dealkylation sites (tertiary alicyclic amines) is 1. The minimum absolute atomic E-state index is 0.00756. The fourth-order valence-electron chi connectivity index (χ4n) is 4.41. The first-order valence-corrected chi connectivity index (χ1v) is 13.5. The van der Waals surface area contributed by atoms with E-state index in [-0.39, 0.29) is 23.6 Å². The van der Waals surface area contributed by atoms with Gasteiger partial charge in [0.2, 0.25) is 5.91 Å². The van der Waals surface area contributed by atoms with E-state index in [1.54, 1.807) is 6.08 Å². The molecule has 184 valence electrons. The number of fused-ring (bicyclic) bond motifs is 1. The molecule has 1 aliphatic heterocycles. The monoisotopic (exact) mass is 518 g/mol.